The Morgan fingerprint density at radius 1 is 1.31 bits per heavy atom. The molecule has 1 aliphatic heterocycles. The molecular weight excluding hydrogens is 204 g/mol. The molecule has 2 N–H and O–H groups in total. The molecule has 1 aliphatic rings. The van der Waals surface area contributed by atoms with Crippen LogP contribution < -0.4 is 4.90 Å². The summed E-state index contributed by atoms with van der Waals surface area (Å²) in [5.74, 6) is 0. The number of aliphatic hydroxyl groups excluding tert-OH is 2. The van der Waals surface area contributed by atoms with Gasteiger partial charge < -0.3 is 15.1 Å². The first-order valence-electron chi connectivity index (χ1n) is 5.23. The van der Waals surface area contributed by atoms with E-state index in [-0.39, 0.29) is 0 Å². The third-order valence-corrected chi connectivity index (χ3v) is 2.87. The molecule has 2 atom stereocenters. The second-order valence-corrected chi connectivity index (χ2v) is 4.17. The van der Waals surface area contributed by atoms with Gasteiger partial charge in [-0.1, -0.05) is 6.07 Å². The molecule has 2 unspecified atom stereocenters. The lowest BCUT2D eigenvalue weighted by atomic mass is 10.1. The number of aryl methyl sites for hydroxylation is 1. The number of β-amino-alcohol motifs (C(OH)–C–C–N with tert-alkyl or cyclic N) is 2. The van der Waals surface area contributed by atoms with Crippen molar-refractivity contribution in [3.63, 3.8) is 0 Å². The largest absolute Gasteiger partial charge is 0.389 e. The Balaban J connectivity index is 2.34. The van der Waals surface area contributed by atoms with E-state index in [1.807, 2.05) is 24.0 Å². The normalized spacial score (nSPS) is 24.5. The van der Waals surface area contributed by atoms with Crippen molar-refractivity contribution >= 4 is 5.69 Å². The molecule has 16 heavy (non-hydrogen) atoms. The SMILES string of the molecule is Cc1ccc(C#N)c(N2CC(O)C(O)C2)c1. The van der Waals surface area contributed by atoms with E-state index in [0.29, 0.717) is 18.7 Å². The van der Waals surface area contributed by atoms with E-state index in [1.54, 1.807) is 6.07 Å². The van der Waals surface area contributed by atoms with Gasteiger partial charge in [0.25, 0.3) is 0 Å². The van der Waals surface area contributed by atoms with E-state index in [2.05, 4.69) is 6.07 Å². The molecule has 0 radical (unpaired) electrons. The van der Waals surface area contributed by atoms with Crippen molar-refractivity contribution in [2.24, 2.45) is 0 Å². The molecule has 0 spiro atoms. The molecule has 4 nitrogen and oxygen atoms in total. The first kappa shape index (κ1) is 10.9. The summed E-state index contributed by atoms with van der Waals surface area (Å²) in [5.41, 5.74) is 2.43. The van der Waals surface area contributed by atoms with Gasteiger partial charge in [0.05, 0.1) is 23.5 Å². The van der Waals surface area contributed by atoms with Crippen LogP contribution in [0.5, 0.6) is 0 Å². The van der Waals surface area contributed by atoms with Crippen LogP contribution in [-0.2, 0) is 0 Å². The minimum absolute atomic E-state index is 0.374. The van der Waals surface area contributed by atoms with Crippen molar-refractivity contribution in [3.05, 3.63) is 29.3 Å². The van der Waals surface area contributed by atoms with Gasteiger partial charge in [-0.15, -0.1) is 0 Å². The predicted molar refractivity (Wildman–Crippen MR) is 60.1 cm³/mol. The molecule has 1 aromatic rings. The van der Waals surface area contributed by atoms with Crippen molar-refractivity contribution in [3.8, 4) is 6.07 Å². The number of hydrogen-bond donors (Lipinski definition) is 2. The van der Waals surface area contributed by atoms with Crippen molar-refractivity contribution in [1.82, 2.24) is 0 Å². The summed E-state index contributed by atoms with van der Waals surface area (Å²) in [6.07, 6.45) is -1.46. The highest BCUT2D eigenvalue weighted by Crippen LogP contribution is 2.25. The Labute approximate surface area is 94.4 Å². The molecule has 4 heteroatoms. The predicted octanol–water partition coefficient (Wildman–Crippen LogP) is 0.408. The second-order valence-electron chi connectivity index (χ2n) is 4.17. The highest BCUT2D eigenvalue weighted by atomic mass is 16.3. The first-order valence-corrected chi connectivity index (χ1v) is 5.23. The van der Waals surface area contributed by atoms with Gasteiger partial charge >= 0.3 is 0 Å². The smallest absolute Gasteiger partial charge is 0.101 e. The van der Waals surface area contributed by atoms with E-state index in [4.69, 9.17) is 5.26 Å². The third-order valence-electron chi connectivity index (χ3n) is 2.87. The lowest BCUT2D eigenvalue weighted by Crippen LogP contribution is -2.22. The van der Waals surface area contributed by atoms with Crippen LogP contribution in [0.3, 0.4) is 0 Å². The number of benzene rings is 1. The summed E-state index contributed by atoms with van der Waals surface area (Å²) < 4.78 is 0. The summed E-state index contributed by atoms with van der Waals surface area (Å²) in [4.78, 5) is 1.85. The van der Waals surface area contributed by atoms with Crippen LogP contribution in [0.4, 0.5) is 5.69 Å². The van der Waals surface area contributed by atoms with Gasteiger partial charge in [0.2, 0.25) is 0 Å². The van der Waals surface area contributed by atoms with Crippen molar-refractivity contribution in [2.45, 2.75) is 19.1 Å². The number of aliphatic hydroxyl groups is 2. The maximum absolute atomic E-state index is 9.49. The quantitative estimate of drug-likeness (QED) is 0.716. The zero-order valence-corrected chi connectivity index (χ0v) is 9.09. The molecule has 0 aromatic heterocycles. The minimum atomic E-state index is -0.730. The average Bonchev–Trinajstić information content (AvgIpc) is 2.59. The van der Waals surface area contributed by atoms with Crippen LogP contribution in [0.2, 0.25) is 0 Å². The number of hydrogen-bond acceptors (Lipinski definition) is 4. The van der Waals surface area contributed by atoms with Gasteiger partial charge in [0, 0.05) is 13.1 Å². The van der Waals surface area contributed by atoms with Gasteiger partial charge in [0.15, 0.2) is 0 Å². The second kappa shape index (κ2) is 4.12. The first-order chi connectivity index (χ1) is 7.61. The van der Waals surface area contributed by atoms with Crippen LogP contribution in [0.25, 0.3) is 0 Å². The van der Waals surface area contributed by atoms with Crippen molar-refractivity contribution < 1.29 is 10.2 Å². The standard InChI is InChI=1S/C12H14N2O2/c1-8-2-3-9(5-13)10(4-8)14-6-11(15)12(16)7-14/h2-4,11-12,15-16H,6-7H2,1H3. The van der Waals surface area contributed by atoms with Crippen molar-refractivity contribution in [1.29, 1.82) is 5.26 Å². The molecule has 2 rings (SSSR count). The number of nitriles is 1. The summed E-state index contributed by atoms with van der Waals surface area (Å²) in [7, 11) is 0. The van der Waals surface area contributed by atoms with Gasteiger partial charge in [-0.05, 0) is 24.6 Å². The fraction of sp³-hybridized carbons (Fsp3) is 0.417. The van der Waals surface area contributed by atoms with Crippen molar-refractivity contribution in [2.75, 3.05) is 18.0 Å². The monoisotopic (exact) mass is 218 g/mol. The molecule has 0 aliphatic carbocycles. The lowest BCUT2D eigenvalue weighted by molar-refractivity contribution is 0.0572. The van der Waals surface area contributed by atoms with Crippen LogP contribution in [0.15, 0.2) is 18.2 Å². The minimum Gasteiger partial charge on any atom is -0.389 e. The fourth-order valence-corrected chi connectivity index (χ4v) is 1.96. The number of rotatable bonds is 1. The fourth-order valence-electron chi connectivity index (χ4n) is 1.96. The lowest BCUT2D eigenvalue weighted by Gasteiger charge is -2.19. The molecule has 0 bridgehead atoms. The maximum Gasteiger partial charge on any atom is 0.101 e. The van der Waals surface area contributed by atoms with E-state index in [1.165, 1.54) is 0 Å². The summed E-state index contributed by atoms with van der Waals surface area (Å²) >= 11 is 0. The van der Waals surface area contributed by atoms with E-state index >= 15 is 0 Å². The summed E-state index contributed by atoms with van der Waals surface area (Å²) in [6, 6.07) is 7.68. The highest BCUT2D eigenvalue weighted by molar-refractivity contribution is 5.61. The topological polar surface area (TPSA) is 67.5 Å². The highest BCUT2D eigenvalue weighted by Gasteiger charge is 2.30. The number of nitrogens with zero attached hydrogens (tertiary/aromatic N) is 2. The summed E-state index contributed by atoms with van der Waals surface area (Å²) in [5, 5.41) is 28.0. The molecule has 0 saturated carbocycles. The van der Waals surface area contributed by atoms with E-state index in [9.17, 15) is 10.2 Å². The average molecular weight is 218 g/mol. The van der Waals surface area contributed by atoms with Crippen LogP contribution >= 0.6 is 0 Å². The van der Waals surface area contributed by atoms with Crippen LogP contribution in [0, 0.1) is 18.3 Å². The number of anilines is 1. The zero-order valence-electron chi connectivity index (χ0n) is 9.09. The molecule has 1 aromatic carbocycles. The van der Waals surface area contributed by atoms with Gasteiger partial charge in [0.1, 0.15) is 6.07 Å². The molecule has 1 fully saturated rings. The Hall–Kier alpha value is -1.57. The van der Waals surface area contributed by atoms with Gasteiger partial charge in [-0.25, -0.2) is 0 Å². The Kier molecular flexibility index (Phi) is 2.82. The molecule has 84 valence electrons. The molecule has 1 heterocycles. The zero-order chi connectivity index (χ0) is 11.7. The Morgan fingerprint density at radius 3 is 2.50 bits per heavy atom. The Bertz CT molecular complexity index is 429. The van der Waals surface area contributed by atoms with E-state index in [0.717, 1.165) is 11.3 Å². The molecular formula is C12H14N2O2. The van der Waals surface area contributed by atoms with Crippen LogP contribution in [-0.4, -0.2) is 35.5 Å². The third kappa shape index (κ3) is 1.87. The molecule has 0 amide bonds. The maximum atomic E-state index is 9.49. The Morgan fingerprint density at radius 2 is 1.94 bits per heavy atom. The molecule has 1 saturated heterocycles. The van der Waals surface area contributed by atoms with Gasteiger partial charge in [-0.3, -0.25) is 0 Å². The summed E-state index contributed by atoms with van der Waals surface area (Å²) in [6.45, 7) is 2.70. The van der Waals surface area contributed by atoms with Gasteiger partial charge in [-0.2, -0.15) is 5.26 Å². The van der Waals surface area contributed by atoms with Crippen LogP contribution in [0.1, 0.15) is 11.1 Å². The van der Waals surface area contributed by atoms with E-state index < -0.39 is 12.2 Å².